The average Bonchev–Trinajstić information content (AvgIpc) is 3.33. The lowest BCUT2D eigenvalue weighted by Gasteiger charge is -2.30. The minimum atomic E-state index is -0.723. The predicted molar refractivity (Wildman–Crippen MR) is 141 cm³/mol. The van der Waals surface area contributed by atoms with Crippen molar-refractivity contribution in [2.45, 2.75) is 59.4 Å². The van der Waals surface area contributed by atoms with E-state index in [9.17, 15) is 10.1 Å². The smallest absolute Gasteiger partial charge is 0.303 e. The van der Waals surface area contributed by atoms with Crippen molar-refractivity contribution in [3.8, 4) is 27.1 Å². The van der Waals surface area contributed by atoms with E-state index < -0.39 is 5.97 Å². The van der Waals surface area contributed by atoms with Crippen LogP contribution in [0.4, 0.5) is 0 Å². The van der Waals surface area contributed by atoms with Gasteiger partial charge in [0, 0.05) is 31.3 Å². The van der Waals surface area contributed by atoms with Gasteiger partial charge in [-0.25, -0.2) is 4.98 Å². The minimum Gasteiger partial charge on any atom is -0.481 e. The van der Waals surface area contributed by atoms with Gasteiger partial charge in [-0.2, -0.15) is 5.26 Å². The third-order valence-electron chi connectivity index (χ3n) is 6.70. The molecule has 0 bridgehead atoms. The lowest BCUT2D eigenvalue weighted by Crippen LogP contribution is -2.32. The molecule has 5 nitrogen and oxygen atoms in total. The highest BCUT2D eigenvalue weighted by Crippen LogP contribution is 2.38. The van der Waals surface area contributed by atoms with Crippen LogP contribution in [0, 0.1) is 17.2 Å². The Balaban J connectivity index is 1.57. The number of aromatic nitrogens is 1. The number of carboxylic acid groups (broad SMARTS) is 1. The first-order valence-corrected chi connectivity index (χ1v) is 13.3. The number of nitriles is 1. The summed E-state index contributed by atoms with van der Waals surface area (Å²) in [6.45, 7) is 9.24. The van der Waals surface area contributed by atoms with E-state index in [1.165, 1.54) is 22.3 Å². The number of fused-ring (bicyclic) bond motifs is 1. The standard InChI is InChI=1S/C29H33N3O2S/c1-4-24-25-11-13-32(12-5-6-28(33)34)18-22(25)9-10-26(24)27-17-31-29(35-27)21-8-7-20(14-19(2)3)23(15-21)16-30/h7-10,15,17,19H,4-6,11-14,18H2,1-3H3,(H,33,34). The molecule has 1 aliphatic rings. The fourth-order valence-corrected chi connectivity index (χ4v) is 6.00. The molecule has 1 aliphatic heterocycles. The maximum atomic E-state index is 10.8. The molecule has 0 unspecified atom stereocenters. The Morgan fingerprint density at radius 2 is 2.11 bits per heavy atom. The van der Waals surface area contributed by atoms with E-state index in [2.05, 4.69) is 56.0 Å². The van der Waals surface area contributed by atoms with Crippen LogP contribution in [-0.4, -0.2) is 34.0 Å². The van der Waals surface area contributed by atoms with Gasteiger partial charge in [0.05, 0.1) is 16.5 Å². The number of aliphatic carboxylic acids is 1. The predicted octanol–water partition coefficient (Wildman–Crippen LogP) is 6.33. The van der Waals surface area contributed by atoms with Crippen LogP contribution in [0.15, 0.2) is 36.5 Å². The maximum absolute atomic E-state index is 10.8. The molecule has 1 N–H and O–H groups in total. The molecular weight excluding hydrogens is 454 g/mol. The molecule has 2 heterocycles. The summed E-state index contributed by atoms with van der Waals surface area (Å²) in [6, 6.07) is 13.0. The first-order chi connectivity index (χ1) is 16.9. The molecule has 0 atom stereocenters. The molecule has 4 rings (SSSR count). The van der Waals surface area contributed by atoms with Crippen molar-refractivity contribution < 1.29 is 9.90 Å². The van der Waals surface area contributed by atoms with E-state index in [0.29, 0.717) is 12.3 Å². The second-order valence-corrected chi connectivity index (χ2v) is 10.7. The third-order valence-corrected chi connectivity index (χ3v) is 7.77. The number of nitrogens with zero attached hydrogens (tertiary/aromatic N) is 3. The molecule has 0 fully saturated rings. The molecule has 0 aliphatic carbocycles. The summed E-state index contributed by atoms with van der Waals surface area (Å²) < 4.78 is 0. The van der Waals surface area contributed by atoms with Gasteiger partial charge < -0.3 is 5.11 Å². The molecule has 182 valence electrons. The fraction of sp³-hybridized carbons (Fsp3) is 0.414. The zero-order valence-corrected chi connectivity index (χ0v) is 21.6. The van der Waals surface area contributed by atoms with Gasteiger partial charge in [0.1, 0.15) is 5.01 Å². The topological polar surface area (TPSA) is 77.2 Å². The van der Waals surface area contributed by atoms with Crippen LogP contribution < -0.4 is 0 Å². The van der Waals surface area contributed by atoms with Crippen LogP contribution >= 0.6 is 11.3 Å². The molecule has 2 aromatic carbocycles. The van der Waals surface area contributed by atoms with Crippen molar-refractivity contribution in [2.24, 2.45) is 5.92 Å². The molecule has 1 aromatic heterocycles. The summed E-state index contributed by atoms with van der Waals surface area (Å²) in [5, 5.41) is 19.5. The highest BCUT2D eigenvalue weighted by Gasteiger charge is 2.21. The second-order valence-electron chi connectivity index (χ2n) is 9.72. The Bertz CT molecular complexity index is 1260. The fourth-order valence-electron chi connectivity index (χ4n) is 5.03. The molecule has 0 saturated heterocycles. The van der Waals surface area contributed by atoms with Crippen molar-refractivity contribution in [1.29, 1.82) is 5.26 Å². The lowest BCUT2D eigenvalue weighted by molar-refractivity contribution is -0.137. The van der Waals surface area contributed by atoms with Gasteiger partial charge >= 0.3 is 5.97 Å². The van der Waals surface area contributed by atoms with Crippen LogP contribution in [0.25, 0.3) is 21.0 Å². The van der Waals surface area contributed by atoms with E-state index in [-0.39, 0.29) is 6.42 Å². The molecule has 0 radical (unpaired) electrons. The molecule has 0 saturated carbocycles. The van der Waals surface area contributed by atoms with Gasteiger partial charge in [-0.15, -0.1) is 11.3 Å². The van der Waals surface area contributed by atoms with Crippen molar-refractivity contribution in [3.05, 3.63) is 64.3 Å². The van der Waals surface area contributed by atoms with Crippen LogP contribution in [0.1, 0.15) is 61.4 Å². The number of carboxylic acids is 1. The van der Waals surface area contributed by atoms with E-state index >= 15 is 0 Å². The van der Waals surface area contributed by atoms with Crippen LogP contribution in [0.2, 0.25) is 0 Å². The molecule has 3 aromatic rings. The molecule has 0 amide bonds. The first-order valence-electron chi connectivity index (χ1n) is 12.5. The maximum Gasteiger partial charge on any atom is 0.303 e. The van der Waals surface area contributed by atoms with Crippen molar-refractivity contribution in [3.63, 3.8) is 0 Å². The number of hydrogen-bond donors (Lipinski definition) is 1. The van der Waals surface area contributed by atoms with Crippen molar-refractivity contribution in [1.82, 2.24) is 9.88 Å². The average molecular weight is 488 g/mol. The highest BCUT2D eigenvalue weighted by molar-refractivity contribution is 7.18. The summed E-state index contributed by atoms with van der Waals surface area (Å²) >= 11 is 1.69. The summed E-state index contributed by atoms with van der Waals surface area (Å²) in [5.41, 5.74) is 8.29. The summed E-state index contributed by atoms with van der Waals surface area (Å²) in [5.74, 6) is -0.215. The van der Waals surface area contributed by atoms with Gasteiger partial charge in [-0.1, -0.05) is 45.0 Å². The Hall–Kier alpha value is -3.01. The molecular formula is C29H33N3O2S. The molecule has 6 heteroatoms. The normalized spacial score (nSPS) is 13.6. The summed E-state index contributed by atoms with van der Waals surface area (Å²) in [7, 11) is 0. The largest absolute Gasteiger partial charge is 0.481 e. The Morgan fingerprint density at radius 1 is 1.29 bits per heavy atom. The zero-order valence-electron chi connectivity index (χ0n) is 20.8. The van der Waals surface area contributed by atoms with Crippen molar-refractivity contribution in [2.75, 3.05) is 13.1 Å². The Morgan fingerprint density at radius 3 is 2.83 bits per heavy atom. The minimum absolute atomic E-state index is 0.229. The zero-order chi connectivity index (χ0) is 24.9. The van der Waals surface area contributed by atoms with Crippen LogP contribution in [0.5, 0.6) is 0 Å². The highest BCUT2D eigenvalue weighted by atomic mass is 32.1. The van der Waals surface area contributed by atoms with Crippen LogP contribution in [-0.2, 0) is 30.6 Å². The number of carbonyl (C=O) groups is 1. The molecule has 35 heavy (non-hydrogen) atoms. The SMILES string of the molecule is CCc1c(-c2cnc(-c3ccc(CC(C)C)c(C#N)c3)s2)ccc2c1CCN(CCCC(=O)O)C2. The van der Waals surface area contributed by atoms with Gasteiger partial charge in [0.25, 0.3) is 0 Å². The monoisotopic (exact) mass is 487 g/mol. The first kappa shape index (κ1) is 25.1. The van der Waals surface area contributed by atoms with E-state index in [1.807, 2.05) is 12.3 Å². The van der Waals surface area contributed by atoms with E-state index in [0.717, 1.165) is 65.5 Å². The quantitative estimate of drug-likeness (QED) is 0.381. The second kappa shape index (κ2) is 11.2. The van der Waals surface area contributed by atoms with Crippen molar-refractivity contribution >= 4 is 17.3 Å². The van der Waals surface area contributed by atoms with Crippen LogP contribution in [0.3, 0.4) is 0 Å². The van der Waals surface area contributed by atoms with Gasteiger partial charge in [0.15, 0.2) is 0 Å². The number of benzene rings is 2. The van der Waals surface area contributed by atoms with Gasteiger partial charge in [0.2, 0.25) is 0 Å². The number of thiazole rings is 1. The van der Waals surface area contributed by atoms with E-state index in [4.69, 9.17) is 10.1 Å². The lowest BCUT2D eigenvalue weighted by atomic mass is 9.89. The Labute approximate surface area is 212 Å². The summed E-state index contributed by atoms with van der Waals surface area (Å²) in [6.07, 6.45) is 5.75. The molecule has 0 spiro atoms. The number of hydrogen-bond acceptors (Lipinski definition) is 5. The summed E-state index contributed by atoms with van der Waals surface area (Å²) in [4.78, 5) is 19.1. The third kappa shape index (κ3) is 5.80. The van der Waals surface area contributed by atoms with Gasteiger partial charge in [-0.3, -0.25) is 9.69 Å². The Kier molecular flexibility index (Phi) is 8.00. The van der Waals surface area contributed by atoms with E-state index in [1.54, 1.807) is 11.3 Å². The van der Waals surface area contributed by atoms with Gasteiger partial charge in [-0.05, 0) is 72.0 Å². The number of rotatable bonds is 9.